The lowest BCUT2D eigenvalue weighted by Gasteiger charge is -2.19. The van der Waals surface area contributed by atoms with Crippen LogP contribution in [0.15, 0.2) is 28.7 Å². The van der Waals surface area contributed by atoms with Gasteiger partial charge in [0.05, 0.1) is 0 Å². The standard InChI is InChI=1S/C16H26BrNO/c1-13(2)18-12-15(5-4-10-19-3)11-14-6-8-16(17)9-7-14/h6-9,13,15,18H,4-5,10-12H2,1-3H3. The van der Waals surface area contributed by atoms with Gasteiger partial charge in [0.1, 0.15) is 0 Å². The van der Waals surface area contributed by atoms with Gasteiger partial charge in [-0.25, -0.2) is 0 Å². The van der Waals surface area contributed by atoms with Gasteiger partial charge in [0.2, 0.25) is 0 Å². The molecule has 19 heavy (non-hydrogen) atoms. The van der Waals surface area contributed by atoms with E-state index in [1.54, 1.807) is 7.11 Å². The molecule has 1 unspecified atom stereocenters. The minimum Gasteiger partial charge on any atom is -0.385 e. The number of halogens is 1. The fraction of sp³-hybridized carbons (Fsp3) is 0.625. The molecule has 1 aromatic rings. The van der Waals surface area contributed by atoms with E-state index in [4.69, 9.17) is 4.74 Å². The van der Waals surface area contributed by atoms with Crippen molar-refractivity contribution in [1.29, 1.82) is 0 Å². The molecule has 0 radical (unpaired) electrons. The predicted octanol–water partition coefficient (Wildman–Crippen LogP) is 4.03. The van der Waals surface area contributed by atoms with Gasteiger partial charge in [0, 0.05) is 24.2 Å². The molecule has 108 valence electrons. The summed E-state index contributed by atoms with van der Waals surface area (Å²) in [7, 11) is 1.77. The Morgan fingerprint density at radius 2 is 1.89 bits per heavy atom. The first-order valence-electron chi connectivity index (χ1n) is 7.08. The fourth-order valence-electron chi connectivity index (χ4n) is 2.15. The van der Waals surface area contributed by atoms with E-state index in [-0.39, 0.29) is 0 Å². The summed E-state index contributed by atoms with van der Waals surface area (Å²) >= 11 is 3.48. The van der Waals surface area contributed by atoms with Crippen LogP contribution in [0.3, 0.4) is 0 Å². The third-order valence-electron chi connectivity index (χ3n) is 3.21. The third-order valence-corrected chi connectivity index (χ3v) is 3.74. The summed E-state index contributed by atoms with van der Waals surface area (Å²) in [5, 5.41) is 3.55. The molecule has 0 amide bonds. The minimum absolute atomic E-state index is 0.551. The Morgan fingerprint density at radius 1 is 1.21 bits per heavy atom. The molecule has 0 fully saturated rings. The number of benzene rings is 1. The second-order valence-electron chi connectivity index (χ2n) is 5.39. The first kappa shape index (κ1) is 16.7. The summed E-state index contributed by atoms with van der Waals surface area (Å²) in [6.45, 7) is 6.34. The average molecular weight is 328 g/mol. The number of methoxy groups -OCH3 is 1. The highest BCUT2D eigenvalue weighted by Gasteiger charge is 2.10. The van der Waals surface area contributed by atoms with Crippen molar-refractivity contribution in [1.82, 2.24) is 5.32 Å². The zero-order valence-electron chi connectivity index (χ0n) is 12.3. The number of ether oxygens (including phenoxy) is 1. The maximum atomic E-state index is 5.16. The Balaban J connectivity index is 2.48. The van der Waals surface area contributed by atoms with Crippen molar-refractivity contribution in [2.24, 2.45) is 5.92 Å². The van der Waals surface area contributed by atoms with Gasteiger partial charge in [0.15, 0.2) is 0 Å². The van der Waals surface area contributed by atoms with Gasteiger partial charge in [-0.15, -0.1) is 0 Å². The smallest absolute Gasteiger partial charge is 0.0462 e. The molecule has 0 aromatic heterocycles. The Bertz CT molecular complexity index is 337. The molecule has 1 atom stereocenters. The van der Waals surface area contributed by atoms with Crippen LogP contribution in [0.4, 0.5) is 0 Å². The summed E-state index contributed by atoms with van der Waals surface area (Å²) < 4.78 is 6.30. The molecule has 1 N–H and O–H groups in total. The highest BCUT2D eigenvalue weighted by atomic mass is 79.9. The molecule has 0 saturated heterocycles. The molecular formula is C16H26BrNO. The lowest BCUT2D eigenvalue weighted by molar-refractivity contribution is 0.186. The summed E-state index contributed by atoms with van der Waals surface area (Å²) in [5.41, 5.74) is 1.41. The Kier molecular flexibility index (Phi) is 8.35. The second-order valence-corrected chi connectivity index (χ2v) is 6.31. The van der Waals surface area contributed by atoms with E-state index < -0.39 is 0 Å². The van der Waals surface area contributed by atoms with Crippen molar-refractivity contribution >= 4 is 15.9 Å². The monoisotopic (exact) mass is 327 g/mol. The van der Waals surface area contributed by atoms with Crippen LogP contribution in [0.2, 0.25) is 0 Å². The summed E-state index contributed by atoms with van der Waals surface area (Å²) in [6.07, 6.45) is 3.48. The lowest BCUT2D eigenvalue weighted by Crippen LogP contribution is -2.30. The van der Waals surface area contributed by atoms with Gasteiger partial charge in [-0.05, 0) is 49.4 Å². The summed E-state index contributed by atoms with van der Waals surface area (Å²) in [4.78, 5) is 0. The number of hydrogen-bond acceptors (Lipinski definition) is 2. The number of rotatable bonds is 9. The average Bonchev–Trinajstić information content (AvgIpc) is 2.38. The van der Waals surface area contributed by atoms with E-state index in [0.717, 1.165) is 30.5 Å². The maximum Gasteiger partial charge on any atom is 0.0462 e. The van der Waals surface area contributed by atoms with Crippen molar-refractivity contribution in [2.45, 2.75) is 39.2 Å². The maximum absolute atomic E-state index is 5.16. The molecule has 0 heterocycles. The zero-order chi connectivity index (χ0) is 14.1. The first-order chi connectivity index (χ1) is 9.11. The van der Waals surface area contributed by atoms with Crippen molar-refractivity contribution in [3.8, 4) is 0 Å². The summed E-state index contributed by atoms with van der Waals surface area (Å²) in [6, 6.07) is 9.22. The van der Waals surface area contributed by atoms with Gasteiger partial charge in [-0.3, -0.25) is 0 Å². The van der Waals surface area contributed by atoms with Crippen LogP contribution < -0.4 is 5.32 Å². The summed E-state index contributed by atoms with van der Waals surface area (Å²) in [5.74, 6) is 0.679. The van der Waals surface area contributed by atoms with Crippen LogP contribution in [0.5, 0.6) is 0 Å². The molecule has 2 nitrogen and oxygen atoms in total. The Labute approximate surface area is 126 Å². The highest BCUT2D eigenvalue weighted by Crippen LogP contribution is 2.17. The van der Waals surface area contributed by atoms with E-state index in [1.807, 2.05) is 0 Å². The SMILES string of the molecule is COCCCC(CNC(C)C)Cc1ccc(Br)cc1. The molecule has 0 saturated carbocycles. The first-order valence-corrected chi connectivity index (χ1v) is 7.88. The molecule has 0 spiro atoms. The topological polar surface area (TPSA) is 21.3 Å². The largest absolute Gasteiger partial charge is 0.385 e. The molecule has 1 rings (SSSR count). The number of nitrogens with one attached hydrogen (secondary N) is 1. The molecular weight excluding hydrogens is 302 g/mol. The van der Waals surface area contributed by atoms with Gasteiger partial charge < -0.3 is 10.1 Å². The zero-order valence-corrected chi connectivity index (χ0v) is 13.9. The third kappa shape index (κ3) is 7.71. The van der Waals surface area contributed by atoms with E-state index in [0.29, 0.717) is 12.0 Å². The van der Waals surface area contributed by atoms with E-state index in [1.165, 1.54) is 12.0 Å². The number of hydrogen-bond donors (Lipinski definition) is 1. The van der Waals surface area contributed by atoms with Crippen LogP contribution in [0.1, 0.15) is 32.3 Å². The highest BCUT2D eigenvalue weighted by molar-refractivity contribution is 9.10. The van der Waals surface area contributed by atoms with Crippen molar-refractivity contribution in [3.05, 3.63) is 34.3 Å². The Morgan fingerprint density at radius 3 is 2.47 bits per heavy atom. The van der Waals surface area contributed by atoms with Gasteiger partial charge in [-0.1, -0.05) is 41.9 Å². The molecule has 0 aliphatic carbocycles. The fourth-order valence-corrected chi connectivity index (χ4v) is 2.41. The van der Waals surface area contributed by atoms with Crippen LogP contribution in [0.25, 0.3) is 0 Å². The van der Waals surface area contributed by atoms with Crippen molar-refractivity contribution < 1.29 is 4.74 Å². The van der Waals surface area contributed by atoms with E-state index >= 15 is 0 Å². The molecule has 3 heteroatoms. The van der Waals surface area contributed by atoms with Crippen LogP contribution >= 0.6 is 15.9 Å². The molecule has 1 aromatic carbocycles. The van der Waals surface area contributed by atoms with Gasteiger partial charge in [0.25, 0.3) is 0 Å². The normalized spacial score (nSPS) is 12.9. The van der Waals surface area contributed by atoms with Gasteiger partial charge >= 0.3 is 0 Å². The second kappa shape index (κ2) is 9.51. The molecule has 0 aliphatic rings. The van der Waals surface area contributed by atoms with Crippen LogP contribution in [-0.4, -0.2) is 26.3 Å². The van der Waals surface area contributed by atoms with Crippen LogP contribution in [0, 0.1) is 5.92 Å². The van der Waals surface area contributed by atoms with Crippen molar-refractivity contribution in [3.63, 3.8) is 0 Å². The molecule has 0 bridgehead atoms. The van der Waals surface area contributed by atoms with Crippen LogP contribution in [-0.2, 0) is 11.2 Å². The predicted molar refractivity (Wildman–Crippen MR) is 85.6 cm³/mol. The lowest BCUT2D eigenvalue weighted by atomic mass is 9.94. The molecule has 0 aliphatic heterocycles. The van der Waals surface area contributed by atoms with Crippen molar-refractivity contribution in [2.75, 3.05) is 20.3 Å². The Hall–Kier alpha value is -0.380. The minimum atomic E-state index is 0.551. The van der Waals surface area contributed by atoms with E-state index in [2.05, 4.69) is 59.4 Å². The van der Waals surface area contributed by atoms with Gasteiger partial charge in [-0.2, -0.15) is 0 Å². The quantitative estimate of drug-likeness (QED) is 0.691. The van der Waals surface area contributed by atoms with E-state index in [9.17, 15) is 0 Å².